The van der Waals surface area contributed by atoms with Crippen molar-refractivity contribution < 1.29 is 27.5 Å². The number of nitrogens with one attached hydrogen (secondary N) is 2. The molecule has 1 rings (SSSR count). The minimum atomic E-state index is -1.42. The first-order valence-electron chi connectivity index (χ1n) is 7.95. The van der Waals surface area contributed by atoms with Gasteiger partial charge in [-0.3, -0.25) is 0 Å². The SMILES string of the molecule is CC(C)C1(C(C)C)CC(NC=O)C[C](NC=O)([Ti]([CH3])[CH3])C1. The summed E-state index contributed by atoms with van der Waals surface area (Å²) >= 11 is -1.42. The van der Waals surface area contributed by atoms with Crippen LogP contribution in [0, 0.1) is 17.3 Å². The van der Waals surface area contributed by atoms with E-state index < -0.39 is 17.9 Å². The van der Waals surface area contributed by atoms with Crippen molar-refractivity contribution in [2.24, 2.45) is 17.3 Å². The van der Waals surface area contributed by atoms with Crippen molar-refractivity contribution >= 4 is 12.8 Å². The van der Waals surface area contributed by atoms with Gasteiger partial charge in [-0.05, 0) is 0 Å². The Balaban J connectivity index is 3.27. The van der Waals surface area contributed by atoms with Crippen molar-refractivity contribution in [3.05, 3.63) is 0 Å². The van der Waals surface area contributed by atoms with Crippen LogP contribution in [0.5, 0.6) is 0 Å². The summed E-state index contributed by atoms with van der Waals surface area (Å²) in [6.45, 7) is 9.11. The Kier molecular flexibility index (Phi) is 6.48. The quantitative estimate of drug-likeness (QED) is 0.557. The van der Waals surface area contributed by atoms with Crippen molar-refractivity contribution in [2.75, 3.05) is 0 Å². The third kappa shape index (κ3) is 3.71. The predicted octanol–water partition coefficient (Wildman–Crippen LogP) is 2.74. The van der Waals surface area contributed by atoms with Crippen molar-refractivity contribution in [1.29, 1.82) is 0 Å². The number of carbonyl (C=O) groups excluding carboxylic acids is 2. The van der Waals surface area contributed by atoms with E-state index in [0.717, 1.165) is 32.1 Å². The standard InChI is InChI=1S/C14H25N2O2.2CH3.Ti/c1-10(2)14(11(3)4)6-12(15-8-17)5-13(7-14)16-9-18;;;/h8-12H,5-7H2,1-4H3,(H,15,17)(H,16,18);2*1H3;. The molecule has 1 fully saturated rings. The van der Waals surface area contributed by atoms with E-state index in [-0.39, 0.29) is 15.3 Å². The molecule has 21 heavy (non-hydrogen) atoms. The normalized spacial score (nSPS) is 28.3. The van der Waals surface area contributed by atoms with E-state index in [1.54, 1.807) is 0 Å². The fraction of sp³-hybridized carbons (Fsp3) is 0.875. The van der Waals surface area contributed by atoms with E-state index in [9.17, 15) is 9.59 Å². The van der Waals surface area contributed by atoms with Crippen LogP contribution in [0.4, 0.5) is 0 Å². The maximum absolute atomic E-state index is 11.2. The first-order valence-corrected chi connectivity index (χ1v) is 11.9. The summed E-state index contributed by atoms with van der Waals surface area (Å²) in [6.07, 6.45) is 4.63. The summed E-state index contributed by atoms with van der Waals surface area (Å²) in [5, 5.41) is 10.8. The van der Waals surface area contributed by atoms with Crippen LogP contribution in [0.25, 0.3) is 0 Å². The molecule has 2 unspecified atom stereocenters. The molecule has 4 nitrogen and oxygen atoms in total. The molecular formula is C16H31N2O2Ti. The molecule has 2 atom stereocenters. The Hall–Kier alpha value is -0.346. The van der Waals surface area contributed by atoms with Crippen LogP contribution >= 0.6 is 0 Å². The van der Waals surface area contributed by atoms with Gasteiger partial charge in [-0.25, -0.2) is 0 Å². The van der Waals surface area contributed by atoms with Crippen molar-refractivity contribution in [1.82, 2.24) is 10.6 Å². The van der Waals surface area contributed by atoms with Gasteiger partial charge in [0.15, 0.2) is 0 Å². The Morgan fingerprint density at radius 1 is 1.05 bits per heavy atom. The van der Waals surface area contributed by atoms with E-state index in [1.807, 2.05) is 0 Å². The Bertz CT molecular complexity index is 363. The first-order chi connectivity index (χ1) is 9.74. The molecule has 0 radical (unpaired) electrons. The summed E-state index contributed by atoms with van der Waals surface area (Å²) in [5.74, 6) is 1.05. The van der Waals surface area contributed by atoms with E-state index in [4.69, 9.17) is 0 Å². The van der Waals surface area contributed by atoms with Gasteiger partial charge in [0.05, 0.1) is 0 Å². The van der Waals surface area contributed by atoms with Gasteiger partial charge in [0.25, 0.3) is 0 Å². The number of amides is 2. The van der Waals surface area contributed by atoms with Crippen LogP contribution in [0.15, 0.2) is 0 Å². The summed E-state index contributed by atoms with van der Waals surface area (Å²) < 4.78 is -0.0742. The first kappa shape index (κ1) is 18.7. The van der Waals surface area contributed by atoms with Gasteiger partial charge in [0.1, 0.15) is 0 Å². The molecule has 5 heteroatoms. The zero-order valence-corrected chi connectivity index (χ0v) is 15.9. The Morgan fingerprint density at radius 2 is 1.62 bits per heavy atom. The van der Waals surface area contributed by atoms with Gasteiger partial charge in [-0.15, -0.1) is 0 Å². The number of hydrogen-bond acceptors (Lipinski definition) is 2. The number of hydrogen-bond donors (Lipinski definition) is 2. The Labute approximate surface area is 135 Å². The van der Waals surface area contributed by atoms with Crippen LogP contribution < -0.4 is 10.6 Å². The van der Waals surface area contributed by atoms with E-state index >= 15 is 0 Å². The maximum atomic E-state index is 11.2. The molecule has 0 saturated heterocycles. The molecule has 121 valence electrons. The molecular weight excluding hydrogens is 300 g/mol. The van der Waals surface area contributed by atoms with Crippen LogP contribution in [-0.2, 0) is 27.5 Å². The number of rotatable bonds is 7. The van der Waals surface area contributed by atoms with Crippen LogP contribution in [0.1, 0.15) is 47.0 Å². The summed E-state index contributed by atoms with van der Waals surface area (Å²) in [6, 6.07) is 0.163. The van der Waals surface area contributed by atoms with Crippen molar-refractivity contribution in [3.63, 3.8) is 0 Å². The molecule has 1 aliphatic carbocycles. The van der Waals surface area contributed by atoms with Gasteiger partial charge in [-0.2, -0.15) is 0 Å². The summed E-state index contributed by atoms with van der Waals surface area (Å²) in [4.78, 5) is 22.2. The average Bonchev–Trinajstić information content (AvgIpc) is 2.38. The second-order valence-electron chi connectivity index (χ2n) is 7.45. The van der Waals surface area contributed by atoms with Crippen LogP contribution in [0.2, 0.25) is 10.5 Å². The van der Waals surface area contributed by atoms with E-state index in [0.29, 0.717) is 11.8 Å². The monoisotopic (exact) mass is 331 g/mol. The summed E-state index contributed by atoms with van der Waals surface area (Å²) in [7, 11) is 0. The molecule has 1 saturated carbocycles. The average molecular weight is 331 g/mol. The van der Waals surface area contributed by atoms with Gasteiger partial charge < -0.3 is 0 Å². The molecule has 0 aromatic rings. The molecule has 0 aliphatic heterocycles. The van der Waals surface area contributed by atoms with E-state index in [2.05, 4.69) is 48.8 Å². The minimum absolute atomic E-state index is 0.0742. The van der Waals surface area contributed by atoms with Crippen LogP contribution in [0.3, 0.4) is 0 Å². The fourth-order valence-corrected chi connectivity index (χ4v) is 6.80. The molecule has 0 heterocycles. The topological polar surface area (TPSA) is 58.2 Å². The fourth-order valence-electron chi connectivity index (χ4n) is 4.17. The van der Waals surface area contributed by atoms with Gasteiger partial charge in [0, 0.05) is 0 Å². The van der Waals surface area contributed by atoms with Gasteiger partial charge in [-0.1, -0.05) is 0 Å². The Morgan fingerprint density at radius 3 is 2.00 bits per heavy atom. The van der Waals surface area contributed by atoms with Crippen molar-refractivity contribution in [2.45, 2.75) is 67.3 Å². The molecule has 1 aliphatic rings. The molecule has 0 spiro atoms. The molecule has 2 N–H and O–H groups in total. The molecule has 2 amide bonds. The van der Waals surface area contributed by atoms with E-state index in [1.165, 1.54) is 0 Å². The zero-order valence-electron chi connectivity index (χ0n) is 14.3. The van der Waals surface area contributed by atoms with Crippen molar-refractivity contribution in [3.8, 4) is 0 Å². The third-order valence-electron chi connectivity index (χ3n) is 5.75. The second kappa shape index (κ2) is 7.28. The number of carbonyl (C=O) groups is 2. The third-order valence-corrected chi connectivity index (χ3v) is 9.56. The summed E-state index contributed by atoms with van der Waals surface area (Å²) in [5.41, 5.74) is 0.166. The molecule has 0 bridgehead atoms. The molecule has 0 aromatic carbocycles. The van der Waals surface area contributed by atoms with Gasteiger partial charge in [0.2, 0.25) is 0 Å². The molecule has 0 aromatic heterocycles. The second-order valence-corrected chi connectivity index (χ2v) is 12.1. The predicted molar refractivity (Wildman–Crippen MR) is 82.6 cm³/mol. The zero-order chi connectivity index (χ0) is 16.3. The van der Waals surface area contributed by atoms with Crippen LogP contribution in [-0.4, -0.2) is 22.7 Å². The van der Waals surface area contributed by atoms with Gasteiger partial charge >= 0.3 is 135 Å².